The molecule has 0 aromatic carbocycles. The maximum Gasteiger partial charge on any atom is 0.326 e. The second-order valence-electron chi connectivity index (χ2n) is 4.52. The zero-order valence-corrected chi connectivity index (χ0v) is 10.8. The molecule has 0 amide bonds. The molecule has 0 saturated heterocycles. The van der Waals surface area contributed by atoms with Crippen molar-refractivity contribution < 1.29 is 9.90 Å². The largest absolute Gasteiger partial charge is 0.480 e. The molecule has 5 nitrogen and oxygen atoms in total. The predicted octanol–water partition coefficient (Wildman–Crippen LogP) is 2.34. The fourth-order valence-corrected chi connectivity index (χ4v) is 2.05. The SMILES string of the molecule is CCCc1nc2cc(C)cnc2n1C(C)C(=O)O. The van der Waals surface area contributed by atoms with Crippen molar-refractivity contribution >= 4 is 17.1 Å². The molecule has 0 aliphatic heterocycles. The molecule has 0 radical (unpaired) electrons. The van der Waals surface area contributed by atoms with Crippen molar-refractivity contribution in [2.24, 2.45) is 0 Å². The van der Waals surface area contributed by atoms with Crippen molar-refractivity contribution in [3.63, 3.8) is 0 Å². The van der Waals surface area contributed by atoms with Crippen LogP contribution in [0, 0.1) is 6.92 Å². The van der Waals surface area contributed by atoms with Gasteiger partial charge in [0.15, 0.2) is 5.65 Å². The van der Waals surface area contributed by atoms with Crippen LogP contribution in [-0.2, 0) is 11.2 Å². The lowest BCUT2D eigenvalue weighted by Crippen LogP contribution is -2.18. The van der Waals surface area contributed by atoms with E-state index in [1.807, 2.05) is 19.9 Å². The van der Waals surface area contributed by atoms with Crippen molar-refractivity contribution in [2.75, 3.05) is 0 Å². The Kier molecular flexibility index (Phi) is 3.32. The summed E-state index contributed by atoms with van der Waals surface area (Å²) >= 11 is 0. The number of aryl methyl sites for hydroxylation is 2. The van der Waals surface area contributed by atoms with Gasteiger partial charge in [-0.3, -0.25) is 4.57 Å². The van der Waals surface area contributed by atoms with E-state index in [0.717, 1.165) is 29.7 Å². The molecule has 1 unspecified atom stereocenters. The topological polar surface area (TPSA) is 68.0 Å². The monoisotopic (exact) mass is 247 g/mol. The van der Waals surface area contributed by atoms with E-state index in [-0.39, 0.29) is 0 Å². The van der Waals surface area contributed by atoms with E-state index in [0.29, 0.717) is 5.65 Å². The Labute approximate surface area is 105 Å². The van der Waals surface area contributed by atoms with Crippen LogP contribution in [0.4, 0.5) is 0 Å². The van der Waals surface area contributed by atoms with E-state index in [1.54, 1.807) is 17.7 Å². The first-order chi connectivity index (χ1) is 8.54. The molecule has 96 valence electrons. The van der Waals surface area contributed by atoms with Gasteiger partial charge in [0.1, 0.15) is 17.4 Å². The highest BCUT2D eigenvalue weighted by Gasteiger charge is 2.21. The highest BCUT2D eigenvalue weighted by Crippen LogP contribution is 2.21. The number of pyridine rings is 1. The Hall–Kier alpha value is -1.91. The first-order valence-corrected chi connectivity index (χ1v) is 6.10. The van der Waals surface area contributed by atoms with Crippen LogP contribution < -0.4 is 0 Å². The zero-order valence-electron chi connectivity index (χ0n) is 10.8. The number of hydrogen-bond acceptors (Lipinski definition) is 3. The molecule has 0 bridgehead atoms. The molecule has 1 atom stereocenters. The fourth-order valence-electron chi connectivity index (χ4n) is 2.05. The summed E-state index contributed by atoms with van der Waals surface area (Å²) in [5.74, 6) is -0.0745. The van der Waals surface area contributed by atoms with Gasteiger partial charge in [-0.1, -0.05) is 6.92 Å². The summed E-state index contributed by atoms with van der Waals surface area (Å²) < 4.78 is 1.72. The molecular formula is C13H17N3O2. The standard InChI is InChI=1S/C13H17N3O2/c1-4-5-11-15-10-6-8(2)7-14-12(10)16(11)9(3)13(17)18/h6-7,9H,4-5H2,1-3H3,(H,17,18). The summed E-state index contributed by atoms with van der Waals surface area (Å²) in [6.45, 7) is 5.66. The van der Waals surface area contributed by atoms with Crippen LogP contribution in [0.5, 0.6) is 0 Å². The second kappa shape index (κ2) is 4.76. The Morgan fingerprint density at radius 1 is 1.56 bits per heavy atom. The minimum absolute atomic E-state index is 0.647. The molecule has 0 aliphatic carbocycles. The van der Waals surface area contributed by atoms with Crippen molar-refractivity contribution in [2.45, 2.75) is 39.7 Å². The Balaban J connectivity index is 2.66. The van der Waals surface area contributed by atoms with Crippen molar-refractivity contribution in [3.8, 4) is 0 Å². The van der Waals surface area contributed by atoms with Crippen LogP contribution in [0.2, 0.25) is 0 Å². The molecule has 0 aliphatic rings. The molecule has 1 N–H and O–H groups in total. The van der Waals surface area contributed by atoms with E-state index >= 15 is 0 Å². The van der Waals surface area contributed by atoms with E-state index < -0.39 is 12.0 Å². The number of hydrogen-bond donors (Lipinski definition) is 1. The lowest BCUT2D eigenvalue weighted by atomic mass is 10.2. The van der Waals surface area contributed by atoms with Crippen LogP contribution >= 0.6 is 0 Å². The molecule has 18 heavy (non-hydrogen) atoms. The molecule has 2 aromatic heterocycles. The van der Waals surface area contributed by atoms with Gasteiger partial charge in [-0.25, -0.2) is 14.8 Å². The van der Waals surface area contributed by atoms with Gasteiger partial charge in [0, 0.05) is 12.6 Å². The molecule has 2 rings (SSSR count). The molecule has 2 heterocycles. The number of rotatable bonds is 4. The van der Waals surface area contributed by atoms with E-state index in [2.05, 4.69) is 9.97 Å². The number of imidazole rings is 1. The van der Waals surface area contributed by atoms with Crippen LogP contribution in [0.15, 0.2) is 12.3 Å². The quantitative estimate of drug-likeness (QED) is 0.900. The number of carboxylic acid groups (broad SMARTS) is 1. The maximum atomic E-state index is 11.2. The van der Waals surface area contributed by atoms with Crippen molar-refractivity contribution in [1.29, 1.82) is 0 Å². The third-order valence-corrected chi connectivity index (χ3v) is 2.96. The summed E-state index contributed by atoms with van der Waals surface area (Å²) in [6, 6.07) is 1.29. The van der Waals surface area contributed by atoms with Gasteiger partial charge in [-0.2, -0.15) is 0 Å². The van der Waals surface area contributed by atoms with Gasteiger partial charge in [-0.15, -0.1) is 0 Å². The zero-order chi connectivity index (χ0) is 13.3. The van der Waals surface area contributed by atoms with Crippen LogP contribution in [0.25, 0.3) is 11.2 Å². The normalized spacial score (nSPS) is 12.8. The number of nitrogens with zero attached hydrogens (tertiary/aromatic N) is 3. The third-order valence-electron chi connectivity index (χ3n) is 2.96. The van der Waals surface area contributed by atoms with Gasteiger partial charge < -0.3 is 5.11 Å². The summed E-state index contributed by atoms with van der Waals surface area (Å²) in [5, 5.41) is 9.18. The van der Waals surface area contributed by atoms with Gasteiger partial charge in [0.05, 0.1) is 0 Å². The third kappa shape index (κ3) is 2.08. The molecular weight excluding hydrogens is 230 g/mol. The Bertz CT molecular complexity index is 589. The first kappa shape index (κ1) is 12.5. The lowest BCUT2D eigenvalue weighted by Gasteiger charge is -2.12. The minimum atomic E-state index is -0.867. The van der Waals surface area contributed by atoms with E-state index in [4.69, 9.17) is 0 Å². The smallest absolute Gasteiger partial charge is 0.326 e. The maximum absolute atomic E-state index is 11.2. The number of carboxylic acids is 1. The molecule has 0 saturated carbocycles. The van der Waals surface area contributed by atoms with Gasteiger partial charge in [0.25, 0.3) is 0 Å². The fraction of sp³-hybridized carbons (Fsp3) is 0.462. The van der Waals surface area contributed by atoms with Gasteiger partial charge in [0.2, 0.25) is 0 Å². The highest BCUT2D eigenvalue weighted by atomic mass is 16.4. The number of aliphatic carboxylic acids is 1. The predicted molar refractivity (Wildman–Crippen MR) is 68.6 cm³/mol. The molecule has 5 heteroatoms. The van der Waals surface area contributed by atoms with Crippen LogP contribution in [0.1, 0.15) is 37.7 Å². The second-order valence-corrected chi connectivity index (χ2v) is 4.52. The van der Waals surface area contributed by atoms with Crippen molar-refractivity contribution in [3.05, 3.63) is 23.7 Å². The molecule has 0 spiro atoms. The number of fused-ring (bicyclic) bond motifs is 1. The Morgan fingerprint density at radius 3 is 2.89 bits per heavy atom. The van der Waals surface area contributed by atoms with Crippen LogP contribution in [0.3, 0.4) is 0 Å². The van der Waals surface area contributed by atoms with E-state index in [9.17, 15) is 9.90 Å². The first-order valence-electron chi connectivity index (χ1n) is 6.10. The van der Waals surface area contributed by atoms with Crippen LogP contribution in [-0.4, -0.2) is 25.6 Å². The highest BCUT2D eigenvalue weighted by molar-refractivity contribution is 5.77. The minimum Gasteiger partial charge on any atom is -0.480 e. The molecule has 0 fully saturated rings. The molecule has 2 aromatic rings. The van der Waals surface area contributed by atoms with Gasteiger partial charge in [-0.05, 0) is 31.9 Å². The number of carbonyl (C=O) groups is 1. The van der Waals surface area contributed by atoms with Crippen molar-refractivity contribution in [1.82, 2.24) is 14.5 Å². The summed E-state index contributed by atoms with van der Waals surface area (Å²) in [5.41, 5.74) is 2.45. The summed E-state index contributed by atoms with van der Waals surface area (Å²) in [4.78, 5) is 20.0. The average molecular weight is 247 g/mol. The lowest BCUT2D eigenvalue weighted by molar-refractivity contribution is -0.140. The number of aromatic nitrogens is 3. The van der Waals surface area contributed by atoms with Gasteiger partial charge >= 0.3 is 5.97 Å². The summed E-state index contributed by atoms with van der Waals surface area (Å²) in [6.07, 6.45) is 3.42. The average Bonchev–Trinajstić information content (AvgIpc) is 2.65. The van der Waals surface area contributed by atoms with E-state index in [1.165, 1.54) is 0 Å². The Morgan fingerprint density at radius 2 is 2.28 bits per heavy atom. The summed E-state index contributed by atoms with van der Waals surface area (Å²) in [7, 11) is 0.